The number of aryl methyl sites for hydroxylation is 2. The van der Waals surface area contributed by atoms with Crippen molar-refractivity contribution in [2.75, 3.05) is 0 Å². The summed E-state index contributed by atoms with van der Waals surface area (Å²) in [7, 11) is 0. The molecule has 9 nitrogen and oxygen atoms in total. The van der Waals surface area contributed by atoms with E-state index in [0.717, 1.165) is 66.0 Å². The van der Waals surface area contributed by atoms with Gasteiger partial charge >= 0.3 is 5.69 Å². The minimum Gasteiger partial charge on any atom is -0.334 e. The van der Waals surface area contributed by atoms with E-state index >= 15 is 0 Å². The molecule has 5 aromatic rings. The summed E-state index contributed by atoms with van der Waals surface area (Å²) in [6, 6.07) is 12.2. The van der Waals surface area contributed by atoms with E-state index in [4.69, 9.17) is 0 Å². The van der Waals surface area contributed by atoms with Crippen LogP contribution in [0.2, 0.25) is 0 Å². The molecule has 1 N–H and O–H groups in total. The molecule has 0 saturated carbocycles. The van der Waals surface area contributed by atoms with Gasteiger partial charge in [0.05, 0.1) is 6.54 Å². The van der Waals surface area contributed by atoms with E-state index in [1.165, 1.54) is 5.56 Å². The molecule has 0 saturated heterocycles. The van der Waals surface area contributed by atoms with E-state index in [9.17, 15) is 4.79 Å². The highest BCUT2D eigenvalue weighted by atomic mass is 16.1. The number of aromatic nitrogens is 8. The van der Waals surface area contributed by atoms with Crippen LogP contribution in [0.4, 0.5) is 0 Å². The molecule has 0 atom stereocenters. The second kappa shape index (κ2) is 11.6. The molecule has 0 aliphatic heterocycles. The summed E-state index contributed by atoms with van der Waals surface area (Å²) < 4.78 is 5.99. The Kier molecular flexibility index (Phi) is 7.86. The first kappa shape index (κ1) is 26.3. The predicted molar refractivity (Wildman–Crippen MR) is 153 cm³/mol. The number of tetrazole rings is 1. The van der Waals surface area contributed by atoms with Crippen molar-refractivity contribution in [2.45, 2.75) is 72.4 Å². The predicted octanol–water partition coefficient (Wildman–Crippen LogP) is 5.61. The zero-order chi connectivity index (χ0) is 27.4. The molecule has 4 heterocycles. The maximum Gasteiger partial charge on any atom is 0.334 e. The van der Waals surface area contributed by atoms with Gasteiger partial charge in [-0.25, -0.2) is 9.89 Å². The smallest absolute Gasteiger partial charge is 0.334 e. The number of hydrogen-bond donors (Lipinski definition) is 1. The normalized spacial score (nSPS) is 11.5. The number of nitrogens with one attached hydrogen (secondary N) is 1. The van der Waals surface area contributed by atoms with Gasteiger partial charge in [0.25, 0.3) is 0 Å². The summed E-state index contributed by atoms with van der Waals surface area (Å²) in [5, 5.41) is 14.5. The van der Waals surface area contributed by atoms with Crippen LogP contribution in [0.3, 0.4) is 0 Å². The van der Waals surface area contributed by atoms with Gasteiger partial charge in [-0.15, -0.1) is 5.10 Å². The minimum absolute atomic E-state index is 0.0263. The second-order valence-electron chi connectivity index (χ2n) is 10.2. The quantitative estimate of drug-likeness (QED) is 0.242. The number of rotatable bonds is 11. The fraction of sp³-hybridized carbons (Fsp3) is 0.367. The van der Waals surface area contributed by atoms with Crippen LogP contribution < -0.4 is 5.69 Å². The molecule has 0 amide bonds. The first-order chi connectivity index (χ1) is 19.0. The van der Waals surface area contributed by atoms with Crippen molar-refractivity contribution in [1.82, 2.24) is 39.3 Å². The molecular weight excluding hydrogens is 488 g/mol. The largest absolute Gasteiger partial charge is 0.334 e. The molecule has 39 heavy (non-hydrogen) atoms. The Bertz CT molecular complexity index is 1590. The molecule has 0 spiro atoms. The number of aromatic amines is 1. The lowest BCUT2D eigenvalue weighted by molar-refractivity contribution is 0.639. The topological polar surface area (TPSA) is 99.2 Å². The van der Waals surface area contributed by atoms with Crippen molar-refractivity contribution in [2.24, 2.45) is 0 Å². The Morgan fingerprint density at radius 2 is 1.82 bits per heavy atom. The summed E-state index contributed by atoms with van der Waals surface area (Å²) in [5.74, 6) is 1.88. The maximum absolute atomic E-state index is 14.1. The molecule has 0 aliphatic carbocycles. The van der Waals surface area contributed by atoms with Gasteiger partial charge in [-0.2, -0.15) is 0 Å². The van der Waals surface area contributed by atoms with E-state index in [0.29, 0.717) is 18.3 Å². The molecule has 0 radical (unpaired) electrons. The van der Waals surface area contributed by atoms with Gasteiger partial charge < -0.3 is 4.57 Å². The molecule has 0 fully saturated rings. The van der Waals surface area contributed by atoms with Crippen molar-refractivity contribution in [3.8, 4) is 28.3 Å². The van der Waals surface area contributed by atoms with Crippen LogP contribution in [0.25, 0.3) is 28.3 Å². The number of H-pyrrole nitrogens is 1. The van der Waals surface area contributed by atoms with E-state index in [-0.39, 0.29) is 5.69 Å². The lowest BCUT2D eigenvalue weighted by Crippen LogP contribution is -2.27. The van der Waals surface area contributed by atoms with Gasteiger partial charge in [-0.05, 0) is 70.0 Å². The SMILES string of the molecule is CCCCc1cn(-c2c(C(C)C)ccn2CCC)c(=O)n1Cc1cnccc1-c1ccccc1-c1nnn[nH]1. The minimum atomic E-state index is -0.0263. The van der Waals surface area contributed by atoms with Crippen molar-refractivity contribution in [3.05, 3.63) is 88.5 Å². The zero-order valence-corrected chi connectivity index (χ0v) is 23.1. The van der Waals surface area contributed by atoms with Gasteiger partial charge in [0.15, 0.2) is 5.82 Å². The average Bonchev–Trinajstić information content (AvgIpc) is 3.69. The number of hydrogen-bond acceptors (Lipinski definition) is 5. The average molecular weight is 525 g/mol. The van der Waals surface area contributed by atoms with Crippen molar-refractivity contribution >= 4 is 0 Å². The van der Waals surface area contributed by atoms with Crippen molar-refractivity contribution < 1.29 is 0 Å². The van der Waals surface area contributed by atoms with Crippen LogP contribution in [0.1, 0.15) is 69.7 Å². The number of imidazole rings is 1. The molecular formula is C30H36N8O. The molecule has 1 aromatic carbocycles. The van der Waals surface area contributed by atoms with E-state index in [1.54, 1.807) is 6.20 Å². The van der Waals surface area contributed by atoms with Crippen molar-refractivity contribution in [3.63, 3.8) is 0 Å². The number of nitrogens with zero attached hydrogens (tertiary/aromatic N) is 7. The first-order valence-electron chi connectivity index (χ1n) is 13.8. The van der Waals surface area contributed by atoms with Gasteiger partial charge in [-0.3, -0.25) is 14.1 Å². The van der Waals surface area contributed by atoms with Crippen LogP contribution in [-0.2, 0) is 19.5 Å². The van der Waals surface area contributed by atoms with Gasteiger partial charge in [0.1, 0.15) is 5.82 Å². The van der Waals surface area contributed by atoms with Crippen molar-refractivity contribution in [1.29, 1.82) is 0 Å². The third kappa shape index (κ3) is 5.21. The Morgan fingerprint density at radius 1 is 1.00 bits per heavy atom. The van der Waals surface area contributed by atoms with Crippen LogP contribution in [0.5, 0.6) is 0 Å². The molecule has 0 unspecified atom stereocenters. The fourth-order valence-corrected chi connectivity index (χ4v) is 5.22. The van der Waals surface area contributed by atoms with E-state index < -0.39 is 0 Å². The highest BCUT2D eigenvalue weighted by Crippen LogP contribution is 2.32. The number of pyridine rings is 1. The summed E-state index contributed by atoms with van der Waals surface area (Å²) in [5.41, 5.74) is 6.02. The lowest BCUT2D eigenvalue weighted by atomic mass is 9.96. The monoisotopic (exact) mass is 524 g/mol. The lowest BCUT2D eigenvalue weighted by Gasteiger charge is -2.14. The highest BCUT2D eigenvalue weighted by Gasteiger charge is 2.21. The zero-order valence-electron chi connectivity index (χ0n) is 23.1. The van der Waals surface area contributed by atoms with Gasteiger partial charge in [0, 0.05) is 42.6 Å². The van der Waals surface area contributed by atoms with Gasteiger partial charge in [-0.1, -0.05) is 58.4 Å². The first-order valence-corrected chi connectivity index (χ1v) is 13.8. The highest BCUT2D eigenvalue weighted by molar-refractivity contribution is 5.81. The standard InChI is InChI=1S/C30H36N8O/c1-5-7-10-23-20-38(29-24(21(3)4)14-17-36(29)16-6-2)30(39)37(23)19-22-18-31-15-13-25(22)26-11-8-9-12-27(26)28-32-34-35-33-28/h8-9,11-15,17-18,20-21H,5-7,10,16,19H2,1-4H3,(H,32,33,34,35). The molecule has 0 aliphatic rings. The Balaban J connectivity index is 1.63. The van der Waals surface area contributed by atoms with E-state index in [2.05, 4.69) is 82.4 Å². The summed E-state index contributed by atoms with van der Waals surface area (Å²) in [6.07, 6.45) is 11.7. The Morgan fingerprint density at radius 3 is 2.54 bits per heavy atom. The van der Waals surface area contributed by atoms with E-state index in [1.807, 2.05) is 39.6 Å². The number of benzene rings is 1. The summed E-state index contributed by atoms with van der Waals surface area (Å²) >= 11 is 0. The maximum atomic E-state index is 14.1. The van der Waals surface area contributed by atoms with Crippen LogP contribution >= 0.6 is 0 Å². The molecule has 9 heteroatoms. The van der Waals surface area contributed by atoms with Gasteiger partial charge in [0.2, 0.25) is 0 Å². The van der Waals surface area contributed by atoms with Crippen LogP contribution in [0, 0.1) is 0 Å². The third-order valence-corrected chi connectivity index (χ3v) is 7.18. The number of unbranched alkanes of at least 4 members (excludes halogenated alkanes) is 1. The van der Waals surface area contributed by atoms with Crippen LogP contribution in [-0.4, -0.2) is 39.3 Å². The third-order valence-electron chi connectivity index (χ3n) is 7.18. The molecule has 202 valence electrons. The Hall–Kier alpha value is -4.27. The summed E-state index contributed by atoms with van der Waals surface area (Å²) in [6.45, 7) is 9.98. The molecule has 4 aromatic heterocycles. The molecule has 0 bridgehead atoms. The Labute approximate surface area is 228 Å². The molecule has 5 rings (SSSR count). The summed E-state index contributed by atoms with van der Waals surface area (Å²) in [4.78, 5) is 18.6. The van der Waals surface area contributed by atoms with Crippen LogP contribution in [0.15, 0.2) is 66.0 Å². The second-order valence-corrected chi connectivity index (χ2v) is 10.2. The fourth-order valence-electron chi connectivity index (χ4n) is 5.22.